The van der Waals surface area contributed by atoms with Crippen molar-refractivity contribution in [2.45, 2.75) is 11.8 Å². The lowest BCUT2D eigenvalue weighted by Crippen LogP contribution is -2.42. The molecule has 2 aromatic rings. The third-order valence-electron chi connectivity index (χ3n) is 2.63. The van der Waals surface area contributed by atoms with E-state index in [1.165, 1.54) is 23.1 Å². The Morgan fingerprint density at radius 1 is 1.29 bits per heavy atom. The van der Waals surface area contributed by atoms with Gasteiger partial charge in [-0.05, 0) is 36.1 Å². The van der Waals surface area contributed by atoms with Crippen LogP contribution in [0.3, 0.4) is 0 Å². The molecule has 0 fully saturated rings. The number of thiophene rings is 1. The monoisotopic (exact) mass is 321 g/mol. The van der Waals surface area contributed by atoms with Gasteiger partial charge in [0.05, 0.1) is 10.6 Å². The van der Waals surface area contributed by atoms with Crippen molar-refractivity contribution in [3.05, 3.63) is 46.2 Å². The molecule has 0 aliphatic rings. The lowest BCUT2D eigenvalue weighted by Gasteiger charge is -2.08. The predicted octanol–water partition coefficient (Wildman–Crippen LogP) is 2.19. The van der Waals surface area contributed by atoms with Gasteiger partial charge < -0.3 is 5.73 Å². The molecule has 0 bridgehead atoms. The molecule has 7 heteroatoms. The zero-order valence-corrected chi connectivity index (χ0v) is 13.0. The fourth-order valence-electron chi connectivity index (χ4n) is 1.55. The van der Waals surface area contributed by atoms with Crippen LogP contribution in [-0.4, -0.2) is 17.6 Å². The number of nitrogens with two attached hydrogens (primary N) is 1. The van der Waals surface area contributed by atoms with Gasteiger partial charge >= 0.3 is 0 Å². The Morgan fingerprint density at radius 3 is 2.81 bits per heavy atom. The number of carbonyl (C=O) groups is 2. The van der Waals surface area contributed by atoms with Crippen molar-refractivity contribution in [1.82, 2.24) is 10.9 Å². The maximum absolute atomic E-state index is 11.7. The molecule has 0 saturated carbocycles. The zero-order valence-electron chi connectivity index (χ0n) is 11.4. The van der Waals surface area contributed by atoms with Gasteiger partial charge in [-0.1, -0.05) is 12.1 Å². The molecule has 0 aliphatic heterocycles. The average Bonchev–Trinajstić information content (AvgIpc) is 3.00. The first-order valence-electron chi connectivity index (χ1n) is 6.18. The van der Waals surface area contributed by atoms with Crippen molar-refractivity contribution in [2.75, 3.05) is 11.5 Å². The summed E-state index contributed by atoms with van der Waals surface area (Å²) in [5, 5.41) is 1.80. The van der Waals surface area contributed by atoms with Crippen LogP contribution in [0.1, 0.15) is 15.2 Å². The van der Waals surface area contributed by atoms with E-state index in [2.05, 4.69) is 10.9 Å². The Morgan fingerprint density at radius 2 is 2.10 bits per heavy atom. The molecule has 0 aliphatic carbocycles. The van der Waals surface area contributed by atoms with Gasteiger partial charge in [-0.2, -0.15) is 0 Å². The number of benzene rings is 1. The maximum atomic E-state index is 11.7. The third kappa shape index (κ3) is 4.51. The van der Waals surface area contributed by atoms with Gasteiger partial charge in [0.1, 0.15) is 0 Å². The van der Waals surface area contributed by atoms with Crippen molar-refractivity contribution >= 4 is 40.6 Å². The summed E-state index contributed by atoms with van der Waals surface area (Å²) in [5.41, 5.74) is 12.2. The van der Waals surface area contributed by atoms with E-state index >= 15 is 0 Å². The van der Waals surface area contributed by atoms with Crippen molar-refractivity contribution in [3.63, 3.8) is 0 Å². The molecule has 1 heterocycles. The van der Waals surface area contributed by atoms with Crippen molar-refractivity contribution < 1.29 is 9.59 Å². The number of hydrogen-bond donors (Lipinski definition) is 3. The Hall–Kier alpha value is -1.99. The van der Waals surface area contributed by atoms with E-state index in [1.807, 2.05) is 25.1 Å². The van der Waals surface area contributed by atoms with Crippen LogP contribution in [0.2, 0.25) is 0 Å². The number of amides is 2. The van der Waals surface area contributed by atoms with Gasteiger partial charge in [0.25, 0.3) is 5.91 Å². The number of hydrogen-bond acceptors (Lipinski definition) is 5. The number of carbonyl (C=O) groups excluding carboxylic acids is 2. The van der Waals surface area contributed by atoms with E-state index < -0.39 is 0 Å². The summed E-state index contributed by atoms with van der Waals surface area (Å²) >= 11 is 2.69. The van der Waals surface area contributed by atoms with Gasteiger partial charge in [0.2, 0.25) is 5.91 Å². The van der Waals surface area contributed by atoms with Crippen molar-refractivity contribution in [1.29, 1.82) is 0 Å². The minimum absolute atomic E-state index is 0.203. The SMILES string of the molecule is Cc1ccc(N)cc1SCC(=O)NNC(=O)c1cccs1. The molecule has 5 nitrogen and oxygen atoms in total. The first-order chi connectivity index (χ1) is 10.1. The molecule has 4 N–H and O–H groups in total. The number of rotatable bonds is 4. The molecule has 0 radical (unpaired) electrons. The van der Waals surface area contributed by atoms with E-state index in [-0.39, 0.29) is 17.6 Å². The number of nitrogen functional groups attached to an aromatic ring is 1. The Kier molecular flexibility index (Phi) is 5.24. The summed E-state index contributed by atoms with van der Waals surface area (Å²) in [5.74, 6) is -0.384. The normalized spacial score (nSPS) is 10.1. The number of aryl methyl sites for hydroxylation is 1. The lowest BCUT2D eigenvalue weighted by molar-refractivity contribution is -0.119. The molecular formula is C14H15N3O2S2. The fourth-order valence-corrected chi connectivity index (χ4v) is 3.04. The molecule has 0 unspecified atom stereocenters. The summed E-state index contributed by atoms with van der Waals surface area (Å²) in [6, 6.07) is 9.03. The van der Waals surface area contributed by atoms with Gasteiger partial charge in [-0.25, -0.2) is 0 Å². The van der Waals surface area contributed by atoms with Crippen LogP contribution < -0.4 is 16.6 Å². The second-order valence-electron chi connectivity index (χ2n) is 4.29. The van der Waals surface area contributed by atoms with Crippen molar-refractivity contribution in [3.8, 4) is 0 Å². The van der Waals surface area contributed by atoms with E-state index in [1.54, 1.807) is 17.5 Å². The molecule has 110 valence electrons. The van der Waals surface area contributed by atoms with Crippen LogP contribution in [0.15, 0.2) is 40.6 Å². The Balaban J connectivity index is 1.80. The summed E-state index contributed by atoms with van der Waals surface area (Å²) in [4.78, 5) is 24.9. The van der Waals surface area contributed by atoms with Crippen molar-refractivity contribution in [2.24, 2.45) is 0 Å². The molecule has 2 amide bonds. The predicted molar refractivity (Wildman–Crippen MR) is 86.2 cm³/mol. The minimum Gasteiger partial charge on any atom is -0.399 e. The van der Waals surface area contributed by atoms with E-state index in [0.717, 1.165) is 10.5 Å². The largest absolute Gasteiger partial charge is 0.399 e. The molecular weight excluding hydrogens is 306 g/mol. The van der Waals surface area contributed by atoms with E-state index in [4.69, 9.17) is 5.73 Å². The average molecular weight is 321 g/mol. The summed E-state index contributed by atoms with van der Waals surface area (Å²) in [6.45, 7) is 1.96. The zero-order chi connectivity index (χ0) is 15.2. The number of hydrazine groups is 1. The second-order valence-corrected chi connectivity index (χ2v) is 6.26. The summed E-state index contributed by atoms with van der Waals surface area (Å²) < 4.78 is 0. The van der Waals surface area contributed by atoms with Crippen LogP contribution in [0.25, 0.3) is 0 Å². The molecule has 21 heavy (non-hydrogen) atoms. The third-order valence-corrected chi connectivity index (χ3v) is 4.66. The highest BCUT2D eigenvalue weighted by atomic mass is 32.2. The maximum Gasteiger partial charge on any atom is 0.279 e. The van der Waals surface area contributed by atoms with Gasteiger partial charge in [-0.15, -0.1) is 23.1 Å². The van der Waals surface area contributed by atoms with Gasteiger partial charge in [-0.3, -0.25) is 20.4 Å². The second kappa shape index (κ2) is 7.14. The van der Waals surface area contributed by atoms with Crippen LogP contribution in [0.4, 0.5) is 5.69 Å². The molecule has 0 atom stereocenters. The molecule has 1 aromatic carbocycles. The van der Waals surface area contributed by atoms with Crippen LogP contribution in [-0.2, 0) is 4.79 Å². The van der Waals surface area contributed by atoms with E-state index in [9.17, 15) is 9.59 Å². The summed E-state index contributed by atoms with van der Waals surface area (Å²) in [7, 11) is 0. The number of anilines is 1. The lowest BCUT2D eigenvalue weighted by atomic mass is 10.2. The Labute approximate surface area is 130 Å². The first-order valence-corrected chi connectivity index (χ1v) is 8.04. The molecule has 0 spiro atoms. The number of nitrogens with one attached hydrogen (secondary N) is 2. The van der Waals surface area contributed by atoms with Crippen LogP contribution >= 0.6 is 23.1 Å². The topological polar surface area (TPSA) is 84.2 Å². The number of thioether (sulfide) groups is 1. The fraction of sp³-hybridized carbons (Fsp3) is 0.143. The smallest absolute Gasteiger partial charge is 0.279 e. The van der Waals surface area contributed by atoms with Crippen LogP contribution in [0, 0.1) is 6.92 Å². The molecule has 1 aromatic heterocycles. The van der Waals surface area contributed by atoms with Gasteiger partial charge in [0, 0.05) is 10.6 Å². The standard InChI is InChI=1S/C14H15N3O2S2/c1-9-4-5-10(15)7-12(9)21-8-13(18)16-17-14(19)11-3-2-6-20-11/h2-7H,8,15H2,1H3,(H,16,18)(H,17,19). The highest BCUT2D eigenvalue weighted by Crippen LogP contribution is 2.24. The Bertz CT molecular complexity index is 642. The molecule has 2 rings (SSSR count). The quantitative estimate of drug-likeness (QED) is 0.458. The minimum atomic E-state index is -0.316. The first kappa shape index (κ1) is 15.4. The highest BCUT2D eigenvalue weighted by molar-refractivity contribution is 8.00. The van der Waals surface area contributed by atoms with Gasteiger partial charge in [0.15, 0.2) is 0 Å². The van der Waals surface area contributed by atoms with Crippen LogP contribution in [0.5, 0.6) is 0 Å². The highest BCUT2D eigenvalue weighted by Gasteiger charge is 2.09. The van der Waals surface area contributed by atoms with E-state index in [0.29, 0.717) is 10.6 Å². The molecule has 0 saturated heterocycles. The summed E-state index contributed by atoms with van der Waals surface area (Å²) in [6.07, 6.45) is 0.